The SMILES string of the molecule is CCN(CC)CCCOc1ccc(-n2ccnc2CC(C)C)cc1. The highest BCUT2D eigenvalue weighted by Gasteiger charge is 2.07. The first-order chi connectivity index (χ1) is 11.6. The van der Waals surface area contributed by atoms with Crippen LogP contribution >= 0.6 is 0 Å². The zero-order valence-corrected chi connectivity index (χ0v) is 15.5. The summed E-state index contributed by atoms with van der Waals surface area (Å²) in [5.74, 6) is 2.64. The summed E-state index contributed by atoms with van der Waals surface area (Å²) < 4.78 is 8.02. The largest absolute Gasteiger partial charge is 0.494 e. The molecule has 0 radical (unpaired) electrons. The van der Waals surface area contributed by atoms with Crippen LogP contribution in [-0.2, 0) is 6.42 Å². The molecule has 4 heteroatoms. The molecule has 0 aliphatic carbocycles. The molecule has 1 aromatic heterocycles. The summed E-state index contributed by atoms with van der Waals surface area (Å²) >= 11 is 0. The summed E-state index contributed by atoms with van der Waals surface area (Å²) in [6, 6.07) is 8.30. The lowest BCUT2D eigenvalue weighted by molar-refractivity contribution is 0.249. The molecule has 2 aromatic rings. The molecule has 132 valence electrons. The minimum Gasteiger partial charge on any atom is -0.494 e. The van der Waals surface area contributed by atoms with Crippen molar-refractivity contribution in [2.75, 3.05) is 26.2 Å². The Labute approximate surface area is 146 Å². The lowest BCUT2D eigenvalue weighted by atomic mass is 10.1. The van der Waals surface area contributed by atoms with E-state index in [1.807, 2.05) is 24.5 Å². The highest BCUT2D eigenvalue weighted by Crippen LogP contribution is 2.18. The first kappa shape index (κ1) is 18.5. The van der Waals surface area contributed by atoms with Crippen LogP contribution in [-0.4, -0.2) is 40.7 Å². The second kappa shape index (κ2) is 9.48. The molecular weight excluding hydrogens is 298 g/mol. The lowest BCUT2D eigenvalue weighted by Crippen LogP contribution is -2.25. The minimum atomic E-state index is 0.597. The van der Waals surface area contributed by atoms with Crippen LogP contribution in [0.5, 0.6) is 5.75 Å². The van der Waals surface area contributed by atoms with Crippen molar-refractivity contribution >= 4 is 0 Å². The Bertz CT molecular complexity index is 585. The fourth-order valence-corrected chi connectivity index (χ4v) is 2.81. The van der Waals surface area contributed by atoms with E-state index in [-0.39, 0.29) is 0 Å². The number of hydrogen-bond acceptors (Lipinski definition) is 3. The molecule has 0 bridgehead atoms. The number of nitrogens with zero attached hydrogens (tertiary/aromatic N) is 3. The summed E-state index contributed by atoms with van der Waals surface area (Å²) in [5, 5.41) is 0. The molecule has 4 nitrogen and oxygen atoms in total. The monoisotopic (exact) mass is 329 g/mol. The van der Waals surface area contributed by atoms with Crippen LogP contribution in [0.25, 0.3) is 5.69 Å². The van der Waals surface area contributed by atoms with Gasteiger partial charge in [0.05, 0.1) is 6.61 Å². The van der Waals surface area contributed by atoms with Crippen molar-refractivity contribution in [3.8, 4) is 11.4 Å². The Balaban J connectivity index is 1.88. The Morgan fingerprint density at radius 3 is 2.46 bits per heavy atom. The highest BCUT2D eigenvalue weighted by atomic mass is 16.5. The van der Waals surface area contributed by atoms with E-state index in [0.29, 0.717) is 5.92 Å². The molecule has 0 saturated heterocycles. The zero-order chi connectivity index (χ0) is 17.4. The Morgan fingerprint density at radius 2 is 1.83 bits per heavy atom. The number of hydrogen-bond donors (Lipinski definition) is 0. The summed E-state index contributed by atoms with van der Waals surface area (Å²) in [5.41, 5.74) is 1.14. The van der Waals surface area contributed by atoms with Gasteiger partial charge in [-0.15, -0.1) is 0 Å². The quantitative estimate of drug-likeness (QED) is 0.613. The molecule has 0 fully saturated rings. The molecule has 1 heterocycles. The van der Waals surface area contributed by atoms with Crippen molar-refractivity contribution in [2.24, 2.45) is 5.92 Å². The predicted octanol–water partition coefficient (Wildman–Crippen LogP) is 4.18. The number of rotatable bonds is 10. The topological polar surface area (TPSA) is 30.3 Å². The first-order valence-electron chi connectivity index (χ1n) is 9.11. The van der Waals surface area contributed by atoms with E-state index in [1.54, 1.807) is 0 Å². The van der Waals surface area contributed by atoms with Crippen LogP contribution in [0.3, 0.4) is 0 Å². The Hall–Kier alpha value is -1.81. The van der Waals surface area contributed by atoms with E-state index in [0.717, 1.165) is 56.3 Å². The van der Waals surface area contributed by atoms with Crippen LogP contribution in [0.4, 0.5) is 0 Å². The third-order valence-corrected chi connectivity index (χ3v) is 4.20. The van der Waals surface area contributed by atoms with E-state index in [9.17, 15) is 0 Å². The third kappa shape index (κ3) is 5.38. The zero-order valence-electron chi connectivity index (χ0n) is 15.5. The van der Waals surface area contributed by atoms with Crippen LogP contribution in [0.2, 0.25) is 0 Å². The fraction of sp³-hybridized carbons (Fsp3) is 0.550. The maximum Gasteiger partial charge on any atom is 0.119 e. The summed E-state index contributed by atoms with van der Waals surface area (Å²) in [6.07, 6.45) is 5.94. The molecule has 0 unspecified atom stereocenters. The van der Waals surface area contributed by atoms with Gasteiger partial charge in [0.15, 0.2) is 0 Å². The van der Waals surface area contributed by atoms with Gasteiger partial charge in [-0.25, -0.2) is 4.98 Å². The van der Waals surface area contributed by atoms with Gasteiger partial charge in [0, 0.05) is 31.0 Å². The smallest absolute Gasteiger partial charge is 0.119 e. The molecule has 0 saturated carbocycles. The molecule has 0 aliphatic heterocycles. The second-order valence-electron chi connectivity index (χ2n) is 6.53. The van der Waals surface area contributed by atoms with E-state index in [4.69, 9.17) is 4.74 Å². The van der Waals surface area contributed by atoms with Crippen molar-refractivity contribution in [1.29, 1.82) is 0 Å². The van der Waals surface area contributed by atoms with Gasteiger partial charge in [0.2, 0.25) is 0 Å². The van der Waals surface area contributed by atoms with Crippen molar-refractivity contribution < 1.29 is 4.74 Å². The number of benzene rings is 1. The van der Waals surface area contributed by atoms with Gasteiger partial charge < -0.3 is 14.2 Å². The van der Waals surface area contributed by atoms with Crippen molar-refractivity contribution in [1.82, 2.24) is 14.5 Å². The highest BCUT2D eigenvalue weighted by molar-refractivity contribution is 5.38. The first-order valence-corrected chi connectivity index (χ1v) is 9.11. The maximum absolute atomic E-state index is 5.86. The molecule has 1 aromatic carbocycles. The van der Waals surface area contributed by atoms with Gasteiger partial charge >= 0.3 is 0 Å². The normalized spacial score (nSPS) is 11.4. The third-order valence-electron chi connectivity index (χ3n) is 4.20. The van der Waals surface area contributed by atoms with Crippen LogP contribution < -0.4 is 4.74 Å². The van der Waals surface area contributed by atoms with Gasteiger partial charge in [-0.3, -0.25) is 0 Å². The molecule has 24 heavy (non-hydrogen) atoms. The van der Waals surface area contributed by atoms with Gasteiger partial charge in [-0.2, -0.15) is 0 Å². The molecule has 0 amide bonds. The molecule has 0 N–H and O–H groups in total. The standard InChI is InChI=1S/C20H31N3O/c1-5-22(6-2)13-7-15-24-19-10-8-18(9-11-19)23-14-12-21-20(23)16-17(3)4/h8-12,14,17H,5-7,13,15-16H2,1-4H3. The number of ether oxygens (including phenoxy) is 1. The molecule has 2 rings (SSSR count). The van der Waals surface area contributed by atoms with Gasteiger partial charge in [-0.05, 0) is 49.7 Å². The van der Waals surface area contributed by atoms with E-state index in [1.165, 1.54) is 0 Å². The van der Waals surface area contributed by atoms with Crippen molar-refractivity contribution in [3.63, 3.8) is 0 Å². The number of imidazole rings is 1. The molecule has 0 spiro atoms. The number of aromatic nitrogens is 2. The maximum atomic E-state index is 5.86. The minimum absolute atomic E-state index is 0.597. The molecule has 0 atom stereocenters. The average molecular weight is 329 g/mol. The summed E-state index contributed by atoms with van der Waals surface area (Å²) in [4.78, 5) is 6.89. The molecular formula is C20H31N3O. The second-order valence-corrected chi connectivity index (χ2v) is 6.53. The average Bonchev–Trinajstić information content (AvgIpc) is 3.03. The Kier molecular flexibility index (Phi) is 7.32. The Morgan fingerprint density at radius 1 is 1.12 bits per heavy atom. The summed E-state index contributed by atoms with van der Waals surface area (Å²) in [7, 11) is 0. The predicted molar refractivity (Wildman–Crippen MR) is 100 cm³/mol. The van der Waals surface area contributed by atoms with E-state index < -0.39 is 0 Å². The van der Waals surface area contributed by atoms with Crippen LogP contribution in [0.1, 0.15) is 39.9 Å². The van der Waals surface area contributed by atoms with Crippen molar-refractivity contribution in [3.05, 3.63) is 42.5 Å². The van der Waals surface area contributed by atoms with Crippen molar-refractivity contribution in [2.45, 2.75) is 40.5 Å². The van der Waals surface area contributed by atoms with Gasteiger partial charge in [0.1, 0.15) is 11.6 Å². The van der Waals surface area contributed by atoms with Crippen LogP contribution in [0, 0.1) is 5.92 Å². The lowest BCUT2D eigenvalue weighted by Gasteiger charge is -2.17. The van der Waals surface area contributed by atoms with E-state index in [2.05, 4.69) is 54.3 Å². The van der Waals surface area contributed by atoms with Gasteiger partial charge in [-0.1, -0.05) is 27.7 Å². The van der Waals surface area contributed by atoms with Gasteiger partial charge in [0.25, 0.3) is 0 Å². The van der Waals surface area contributed by atoms with E-state index >= 15 is 0 Å². The summed E-state index contributed by atoms with van der Waals surface area (Å²) in [6.45, 7) is 12.9. The van der Waals surface area contributed by atoms with Crippen LogP contribution in [0.15, 0.2) is 36.7 Å². The fourth-order valence-electron chi connectivity index (χ4n) is 2.81. The molecule has 0 aliphatic rings.